The molecular weight excluding hydrogens is 363 g/mol. The largest absolute Gasteiger partial charge is 0.484 e. The Morgan fingerprint density at radius 2 is 2.12 bits per heavy atom. The van der Waals surface area contributed by atoms with Crippen molar-refractivity contribution in [3.05, 3.63) is 65.6 Å². The standard InChI is InChI=1S/C17H16ClFN4O3/c1-11(23-17(25)15-9-20-6-7-21-15)4-5-22-16(24)10-26-12-2-3-13(18)14(19)8-12/h2-3,6-9H,1,4-5,10H2,(H,22,24)(H,23,25). The number of benzene rings is 1. The molecule has 2 amide bonds. The van der Waals surface area contributed by atoms with Crippen LogP contribution in [0.4, 0.5) is 4.39 Å². The third kappa shape index (κ3) is 6.14. The van der Waals surface area contributed by atoms with Gasteiger partial charge in [0.25, 0.3) is 11.8 Å². The summed E-state index contributed by atoms with van der Waals surface area (Å²) in [5.74, 6) is -1.25. The number of hydrogen-bond acceptors (Lipinski definition) is 5. The maximum Gasteiger partial charge on any atom is 0.275 e. The lowest BCUT2D eigenvalue weighted by molar-refractivity contribution is -0.123. The zero-order valence-corrected chi connectivity index (χ0v) is 14.4. The highest BCUT2D eigenvalue weighted by Gasteiger charge is 2.09. The fourth-order valence-corrected chi connectivity index (χ4v) is 1.94. The van der Waals surface area contributed by atoms with Gasteiger partial charge in [0.05, 0.1) is 11.2 Å². The van der Waals surface area contributed by atoms with E-state index in [0.717, 1.165) is 6.07 Å². The van der Waals surface area contributed by atoms with E-state index < -0.39 is 17.6 Å². The summed E-state index contributed by atoms with van der Waals surface area (Å²) in [5, 5.41) is 5.14. The average Bonchev–Trinajstić information content (AvgIpc) is 2.63. The van der Waals surface area contributed by atoms with Crippen LogP contribution < -0.4 is 15.4 Å². The minimum Gasteiger partial charge on any atom is -0.484 e. The van der Waals surface area contributed by atoms with Gasteiger partial charge in [0.2, 0.25) is 0 Å². The van der Waals surface area contributed by atoms with Gasteiger partial charge >= 0.3 is 0 Å². The van der Waals surface area contributed by atoms with Crippen LogP contribution in [-0.4, -0.2) is 34.9 Å². The van der Waals surface area contributed by atoms with Crippen LogP contribution in [0.25, 0.3) is 0 Å². The molecule has 2 rings (SSSR count). The lowest BCUT2D eigenvalue weighted by atomic mass is 10.3. The fourth-order valence-electron chi connectivity index (χ4n) is 1.82. The molecule has 0 aliphatic rings. The van der Waals surface area contributed by atoms with Crippen LogP contribution in [0.2, 0.25) is 5.02 Å². The zero-order valence-electron chi connectivity index (χ0n) is 13.7. The predicted octanol–water partition coefficient (Wildman–Crippen LogP) is 2.10. The first-order valence-corrected chi connectivity index (χ1v) is 7.93. The summed E-state index contributed by atoms with van der Waals surface area (Å²) in [6, 6.07) is 3.90. The van der Waals surface area contributed by atoms with Crippen molar-refractivity contribution < 1.29 is 18.7 Å². The minimum absolute atomic E-state index is 0.0242. The Morgan fingerprint density at radius 3 is 2.81 bits per heavy atom. The molecule has 0 saturated heterocycles. The number of hydrogen-bond donors (Lipinski definition) is 2. The summed E-state index contributed by atoms with van der Waals surface area (Å²) in [6.45, 7) is 3.68. The van der Waals surface area contributed by atoms with E-state index in [1.807, 2.05) is 0 Å². The summed E-state index contributed by atoms with van der Waals surface area (Å²) < 4.78 is 18.4. The van der Waals surface area contributed by atoms with Gasteiger partial charge in [-0.2, -0.15) is 0 Å². The zero-order chi connectivity index (χ0) is 18.9. The number of nitrogens with zero attached hydrogens (tertiary/aromatic N) is 2. The Kier molecular flexibility index (Phi) is 7.04. The molecule has 0 saturated carbocycles. The third-order valence-electron chi connectivity index (χ3n) is 3.10. The summed E-state index contributed by atoms with van der Waals surface area (Å²) in [7, 11) is 0. The summed E-state index contributed by atoms with van der Waals surface area (Å²) in [4.78, 5) is 31.2. The van der Waals surface area contributed by atoms with Crippen LogP contribution in [0.3, 0.4) is 0 Å². The molecule has 0 radical (unpaired) electrons. The molecule has 0 spiro atoms. The van der Waals surface area contributed by atoms with E-state index in [0.29, 0.717) is 12.1 Å². The second kappa shape index (κ2) is 9.47. The molecule has 0 aliphatic heterocycles. The fraction of sp³-hybridized carbons (Fsp3) is 0.176. The molecule has 26 heavy (non-hydrogen) atoms. The van der Waals surface area contributed by atoms with Gasteiger partial charge in [0.1, 0.15) is 17.3 Å². The number of carbonyl (C=O) groups is 2. The first-order chi connectivity index (χ1) is 12.5. The monoisotopic (exact) mass is 378 g/mol. The van der Waals surface area contributed by atoms with Crippen LogP contribution in [0.5, 0.6) is 5.75 Å². The maximum absolute atomic E-state index is 13.3. The Hall–Kier alpha value is -3.00. The highest BCUT2D eigenvalue weighted by Crippen LogP contribution is 2.20. The number of nitrogens with one attached hydrogen (secondary N) is 2. The second-order valence-electron chi connectivity index (χ2n) is 5.11. The second-order valence-corrected chi connectivity index (χ2v) is 5.52. The van der Waals surface area contributed by atoms with Gasteiger partial charge in [-0.25, -0.2) is 9.37 Å². The molecule has 9 heteroatoms. The van der Waals surface area contributed by atoms with Gasteiger partial charge < -0.3 is 15.4 Å². The number of halogens is 2. The normalized spacial score (nSPS) is 10.1. The van der Waals surface area contributed by atoms with Gasteiger partial charge in [-0.05, 0) is 12.1 Å². The van der Waals surface area contributed by atoms with Gasteiger partial charge in [-0.1, -0.05) is 18.2 Å². The smallest absolute Gasteiger partial charge is 0.275 e. The highest BCUT2D eigenvalue weighted by molar-refractivity contribution is 6.30. The molecule has 1 aromatic carbocycles. The molecule has 0 bridgehead atoms. The van der Waals surface area contributed by atoms with E-state index in [1.54, 1.807) is 0 Å². The summed E-state index contributed by atoms with van der Waals surface area (Å²) in [6.07, 6.45) is 4.53. The SMILES string of the molecule is C=C(CCNC(=O)COc1ccc(Cl)c(F)c1)NC(=O)c1cnccn1. The lowest BCUT2D eigenvalue weighted by Gasteiger charge is -2.10. The molecule has 1 heterocycles. The Labute approximate surface area is 154 Å². The first kappa shape index (κ1) is 19.3. The Balaban J connectivity index is 1.66. The Bertz CT molecular complexity index is 802. The van der Waals surface area contributed by atoms with E-state index in [1.165, 1.54) is 30.7 Å². The maximum atomic E-state index is 13.3. The van der Waals surface area contributed by atoms with Crippen LogP contribution in [0.15, 0.2) is 49.1 Å². The minimum atomic E-state index is -0.625. The van der Waals surface area contributed by atoms with Crippen molar-refractivity contribution in [2.45, 2.75) is 6.42 Å². The highest BCUT2D eigenvalue weighted by atomic mass is 35.5. The summed E-state index contributed by atoms with van der Waals surface area (Å²) >= 11 is 5.56. The molecule has 0 atom stereocenters. The molecule has 0 fully saturated rings. The molecule has 0 aliphatic carbocycles. The Morgan fingerprint density at radius 1 is 1.31 bits per heavy atom. The van der Waals surface area contributed by atoms with Crippen molar-refractivity contribution in [2.75, 3.05) is 13.2 Å². The first-order valence-electron chi connectivity index (χ1n) is 7.55. The van der Waals surface area contributed by atoms with E-state index in [9.17, 15) is 14.0 Å². The van der Waals surface area contributed by atoms with Gasteiger partial charge in [0, 0.05) is 37.1 Å². The lowest BCUT2D eigenvalue weighted by Crippen LogP contribution is -2.31. The van der Waals surface area contributed by atoms with E-state index in [4.69, 9.17) is 16.3 Å². The van der Waals surface area contributed by atoms with E-state index >= 15 is 0 Å². The molecule has 7 nitrogen and oxygen atoms in total. The van der Waals surface area contributed by atoms with Crippen LogP contribution in [-0.2, 0) is 4.79 Å². The van der Waals surface area contributed by atoms with Crippen LogP contribution in [0, 0.1) is 5.82 Å². The van der Waals surface area contributed by atoms with Crippen molar-refractivity contribution in [1.82, 2.24) is 20.6 Å². The van der Waals surface area contributed by atoms with Crippen molar-refractivity contribution in [3.63, 3.8) is 0 Å². The van der Waals surface area contributed by atoms with Gasteiger partial charge in [-0.15, -0.1) is 0 Å². The van der Waals surface area contributed by atoms with Crippen molar-refractivity contribution in [2.24, 2.45) is 0 Å². The van der Waals surface area contributed by atoms with Crippen molar-refractivity contribution in [3.8, 4) is 5.75 Å². The number of ether oxygens (including phenoxy) is 1. The van der Waals surface area contributed by atoms with Crippen LogP contribution in [0.1, 0.15) is 16.9 Å². The van der Waals surface area contributed by atoms with Gasteiger partial charge in [0.15, 0.2) is 6.61 Å². The van der Waals surface area contributed by atoms with Crippen LogP contribution >= 0.6 is 11.6 Å². The molecule has 2 aromatic rings. The molecule has 0 unspecified atom stereocenters. The number of rotatable bonds is 8. The third-order valence-corrected chi connectivity index (χ3v) is 3.40. The van der Waals surface area contributed by atoms with E-state index in [2.05, 4.69) is 27.2 Å². The quantitative estimate of drug-likeness (QED) is 0.733. The molecule has 136 valence electrons. The average molecular weight is 379 g/mol. The summed E-state index contributed by atoms with van der Waals surface area (Å²) in [5.41, 5.74) is 0.586. The predicted molar refractivity (Wildman–Crippen MR) is 93.2 cm³/mol. The number of amides is 2. The number of carbonyl (C=O) groups excluding carboxylic acids is 2. The van der Waals surface area contributed by atoms with Crippen molar-refractivity contribution >= 4 is 23.4 Å². The van der Waals surface area contributed by atoms with E-state index in [-0.39, 0.29) is 29.6 Å². The molecule has 1 aromatic heterocycles. The number of aromatic nitrogens is 2. The van der Waals surface area contributed by atoms with Crippen molar-refractivity contribution in [1.29, 1.82) is 0 Å². The molecular formula is C17H16ClFN4O3. The van der Waals surface area contributed by atoms with Gasteiger partial charge in [-0.3, -0.25) is 14.6 Å². The molecule has 2 N–H and O–H groups in total. The topological polar surface area (TPSA) is 93.2 Å².